The molecule has 136 valence electrons. The van der Waals surface area contributed by atoms with Gasteiger partial charge in [0, 0.05) is 30.2 Å². The number of hydrogen-bond donors (Lipinski definition) is 0. The van der Waals surface area contributed by atoms with Gasteiger partial charge in [-0.1, -0.05) is 23.9 Å². The number of thioether (sulfide) groups is 1. The number of carbonyl (C=O) groups excluding carboxylic acids is 1. The molecule has 7 heteroatoms. The highest BCUT2D eigenvalue weighted by Gasteiger charge is 2.24. The predicted molar refractivity (Wildman–Crippen MR) is 109 cm³/mol. The first-order chi connectivity index (χ1) is 13.1. The Hall–Kier alpha value is -2.64. The van der Waals surface area contributed by atoms with Gasteiger partial charge in [0.2, 0.25) is 5.69 Å². The van der Waals surface area contributed by atoms with Gasteiger partial charge in [-0.25, -0.2) is 4.57 Å². The maximum Gasteiger partial charge on any atom is 0.272 e. The van der Waals surface area contributed by atoms with E-state index in [0.29, 0.717) is 4.53 Å². The predicted octanol–water partition coefficient (Wildman–Crippen LogP) is 1.07. The normalized spacial score (nSPS) is 15.9. The zero-order chi connectivity index (χ0) is 19.0. The smallest absolute Gasteiger partial charge is 0.272 e. The first kappa shape index (κ1) is 17.8. The molecule has 1 aromatic carbocycles. The quantitative estimate of drug-likeness (QED) is 0.491. The molecule has 0 spiro atoms. The molecule has 0 fully saturated rings. The molecule has 2 aromatic heterocycles. The van der Waals surface area contributed by atoms with Crippen molar-refractivity contribution in [2.75, 3.05) is 11.9 Å². The first-order valence-corrected chi connectivity index (χ1v) is 10.1. The molecule has 0 amide bonds. The molecular weight excluding hydrogens is 378 g/mol. The van der Waals surface area contributed by atoms with E-state index >= 15 is 0 Å². The summed E-state index contributed by atoms with van der Waals surface area (Å²) in [5.41, 5.74) is 1.93. The van der Waals surface area contributed by atoms with Crippen LogP contribution in [-0.2, 0) is 18.4 Å². The molecule has 0 atom stereocenters. The van der Waals surface area contributed by atoms with E-state index in [9.17, 15) is 9.59 Å². The van der Waals surface area contributed by atoms with E-state index in [1.165, 1.54) is 11.3 Å². The number of fused-ring (bicyclic) bond motifs is 1. The summed E-state index contributed by atoms with van der Waals surface area (Å²) < 4.78 is 4.95. The summed E-state index contributed by atoms with van der Waals surface area (Å²) >= 11 is 3.02. The summed E-state index contributed by atoms with van der Waals surface area (Å²) in [6.07, 6.45) is 4.67. The Labute approximate surface area is 164 Å². The van der Waals surface area contributed by atoms with Gasteiger partial charge in [0.05, 0.1) is 12.2 Å². The Kier molecular flexibility index (Phi) is 4.72. The fraction of sp³-hybridized carbons (Fsp3) is 0.150. The third kappa shape index (κ3) is 3.13. The summed E-state index contributed by atoms with van der Waals surface area (Å²) in [5.74, 6) is 0. The van der Waals surface area contributed by atoms with Crippen LogP contribution in [0, 0.1) is 0 Å². The van der Waals surface area contributed by atoms with Gasteiger partial charge in [-0.05, 0) is 18.2 Å². The third-order valence-corrected chi connectivity index (χ3v) is 6.95. The van der Waals surface area contributed by atoms with Crippen molar-refractivity contribution >= 4 is 46.2 Å². The molecule has 1 aliphatic rings. The first-order valence-electron chi connectivity index (χ1n) is 8.44. The number of carbonyl (C=O) groups is 1. The monoisotopic (exact) mass is 396 g/mol. The van der Waals surface area contributed by atoms with Crippen molar-refractivity contribution in [1.82, 2.24) is 4.57 Å². The minimum Gasteiger partial charge on any atom is -0.337 e. The molecule has 3 aromatic rings. The van der Waals surface area contributed by atoms with E-state index in [1.807, 2.05) is 72.2 Å². The highest BCUT2D eigenvalue weighted by molar-refractivity contribution is 8.08. The number of rotatable bonds is 3. The number of para-hydroxylation sites is 1. The Bertz CT molecular complexity index is 1210. The van der Waals surface area contributed by atoms with E-state index < -0.39 is 0 Å². The van der Waals surface area contributed by atoms with Gasteiger partial charge in [-0.3, -0.25) is 9.36 Å². The maximum absolute atomic E-state index is 13.1. The largest absolute Gasteiger partial charge is 0.337 e. The Balaban J connectivity index is 1.97. The van der Waals surface area contributed by atoms with Crippen molar-refractivity contribution in [2.45, 2.75) is 11.4 Å². The van der Waals surface area contributed by atoms with E-state index in [1.54, 1.807) is 16.3 Å². The lowest BCUT2D eigenvalue weighted by Crippen LogP contribution is -2.35. The summed E-state index contributed by atoms with van der Waals surface area (Å²) in [6.45, 7) is 0.0479. The van der Waals surface area contributed by atoms with Crippen molar-refractivity contribution < 1.29 is 9.36 Å². The molecule has 0 bridgehead atoms. The van der Waals surface area contributed by atoms with Crippen molar-refractivity contribution in [3.05, 3.63) is 73.9 Å². The standard InChI is InChI=1S/C20H18N3O2S2/c1-21-10-6-5-7-14(21)13-17-23(11-12-24)19(25)18(27-17)20-22(2)15-8-3-4-9-16(15)26-20/h3-10,12-13H,11H2,1-2H3/q+1/b20-18+. The Morgan fingerprint density at radius 2 is 1.93 bits per heavy atom. The van der Waals surface area contributed by atoms with Crippen LogP contribution in [0.4, 0.5) is 5.69 Å². The lowest BCUT2D eigenvalue weighted by Gasteiger charge is -2.11. The number of nitrogens with zero attached hydrogens (tertiary/aromatic N) is 3. The van der Waals surface area contributed by atoms with Gasteiger partial charge in [-0.15, -0.1) is 11.3 Å². The number of aromatic nitrogens is 2. The molecule has 0 saturated carbocycles. The van der Waals surface area contributed by atoms with Crippen LogP contribution in [0.15, 0.2) is 58.4 Å². The second kappa shape index (κ2) is 7.17. The van der Waals surface area contributed by atoms with E-state index in [4.69, 9.17) is 0 Å². The Morgan fingerprint density at radius 1 is 1.15 bits per heavy atom. The second-order valence-electron chi connectivity index (χ2n) is 6.17. The third-order valence-electron chi connectivity index (χ3n) is 4.47. The van der Waals surface area contributed by atoms with Gasteiger partial charge >= 0.3 is 0 Å². The van der Waals surface area contributed by atoms with Gasteiger partial charge in [0.15, 0.2) is 6.20 Å². The number of benzene rings is 1. The number of hydrogen-bond acceptors (Lipinski definition) is 5. The molecular formula is C20H18N3O2S2+. The summed E-state index contributed by atoms with van der Waals surface area (Å²) in [6, 6.07) is 14.0. The molecule has 5 nitrogen and oxygen atoms in total. The molecule has 3 heterocycles. The highest BCUT2D eigenvalue weighted by atomic mass is 32.2. The number of thiazole rings is 1. The Morgan fingerprint density at radius 3 is 2.67 bits per heavy atom. The summed E-state index contributed by atoms with van der Waals surface area (Å²) in [5, 5.41) is 0.905. The van der Waals surface area contributed by atoms with Crippen LogP contribution >= 0.6 is 23.1 Å². The molecule has 0 aliphatic carbocycles. The van der Waals surface area contributed by atoms with Crippen molar-refractivity contribution in [2.24, 2.45) is 7.05 Å². The van der Waals surface area contributed by atoms with Gasteiger partial charge in [0.25, 0.3) is 5.56 Å². The van der Waals surface area contributed by atoms with Gasteiger partial charge in [-0.2, -0.15) is 0 Å². The molecule has 4 rings (SSSR count). The van der Waals surface area contributed by atoms with Crippen LogP contribution in [0.1, 0.15) is 5.69 Å². The zero-order valence-electron chi connectivity index (χ0n) is 15.0. The lowest BCUT2D eigenvalue weighted by atomic mass is 10.3. The molecule has 0 unspecified atom stereocenters. The van der Waals surface area contributed by atoms with Crippen LogP contribution in [-0.4, -0.2) is 17.9 Å². The minimum atomic E-state index is -0.126. The fourth-order valence-corrected chi connectivity index (χ4v) is 5.44. The zero-order valence-corrected chi connectivity index (χ0v) is 16.6. The number of aldehydes is 1. The van der Waals surface area contributed by atoms with Crippen molar-refractivity contribution in [3.8, 4) is 0 Å². The van der Waals surface area contributed by atoms with Crippen LogP contribution < -0.4 is 24.2 Å². The second-order valence-corrected chi connectivity index (χ2v) is 8.23. The maximum atomic E-state index is 13.1. The van der Waals surface area contributed by atoms with E-state index in [-0.39, 0.29) is 12.1 Å². The van der Waals surface area contributed by atoms with E-state index in [0.717, 1.165) is 32.3 Å². The van der Waals surface area contributed by atoms with Gasteiger partial charge < -0.3 is 9.69 Å². The number of anilines is 1. The molecule has 27 heavy (non-hydrogen) atoms. The van der Waals surface area contributed by atoms with Crippen LogP contribution in [0.25, 0.3) is 11.1 Å². The molecule has 1 aliphatic heterocycles. The lowest BCUT2D eigenvalue weighted by molar-refractivity contribution is -0.673. The topological polar surface area (TPSA) is 46.2 Å². The van der Waals surface area contributed by atoms with Crippen molar-refractivity contribution in [3.63, 3.8) is 0 Å². The van der Waals surface area contributed by atoms with Crippen LogP contribution in [0.2, 0.25) is 0 Å². The van der Waals surface area contributed by atoms with Crippen molar-refractivity contribution in [1.29, 1.82) is 0 Å². The highest BCUT2D eigenvalue weighted by Crippen LogP contribution is 2.44. The average Bonchev–Trinajstić information content (AvgIpc) is 3.16. The number of pyridine rings is 1. The summed E-state index contributed by atoms with van der Waals surface area (Å²) in [7, 11) is 3.92. The average molecular weight is 397 g/mol. The number of aryl methyl sites for hydroxylation is 1. The van der Waals surface area contributed by atoms with Crippen LogP contribution in [0.5, 0.6) is 0 Å². The minimum absolute atomic E-state index is 0.0479. The molecule has 0 N–H and O–H groups in total. The molecule has 0 saturated heterocycles. The molecule has 0 radical (unpaired) electrons. The summed E-state index contributed by atoms with van der Waals surface area (Å²) in [4.78, 5) is 27.4. The fourth-order valence-electron chi connectivity index (χ4n) is 3.03. The SMILES string of the molecule is CN1/C(=c2\s/c(=C\c3cccc[n+]3C)n(CC=O)c2=O)Sc2ccccc21. The van der Waals surface area contributed by atoms with Gasteiger partial charge in [0.1, 0.15) is 27.6 Å². The van der Waals surface area contributed by atoms with Crippen LogP contribution in [0.3, 0.4) is 0 Å². The van der Waals surface area contributed by atoms with E-state index in [2.05, 4.69) is 6.07 Å².